The first-order chi connectivity index (χ1) is 7.19. The Morgan fingerprint density at radius 1 is 1.33 bits per heavy atom. The van der Waals surface area contributed by atoms with Crippen molar-refractivity contribution in [2.75, 3.05) is 18.0 Å². The van der Waals surface area contributed by atoms with Gasteiger partial charge >= 0.3 is 0 Å². The van der Waals surface area contributed by atoms with Crippen LogP contribution in [0.1, 0.15) is 32.4 Å². The van der Waals surface area contributed by atoms with Gasteiger partial charge in [-0.05, 0) is 32.4 Å². The molecule has 84 valence electrons. The molecule has 2 nitrogen and oxygen atoms in total. The fraction of sp³-hybridized carbons (Fsp3) is 0.583. The lowest BCUT2D eigenvalue weighted by atomic mass is 10.2. The Labute approximate surface area is 97.3 Å². The summed E-state index contributed by atoms with van der Waals surface area (Å²) in [6, 6.07) is 3.92. The average Bonchev–Trinajstić information content (AvgIpc) is 2.21. The summed E-state index contributed by atoms with van der Waals surface area (Å²) in [6.45, 7) is 8.50. The maximum absolute atomic E-state index is 5.84. The normalized spacial score (nSPS) is 10.4. The van der Waals surface area contributed by atoms with Crippen molar-refractivity contribution < 1.29 is 0 Å². The van der Waals surface area contributed by atoms with Gasteiger partial charge in [0.2, 0.25) is 0 Å². The Morgan fingerprint density at radius 2 is 2.07 bits per heavy atom. The van der Waals surface area contributed by atoms with Gasteiger partial charge in [0.15, 0.2) is 0 Å². The van der Waals surface area contributed by atoms with Crippen LogP contribution in [0.15, 0.2) is 12.1 Å². The summed E-state index contributed by atoms with van der Waals surface area (Å²) in [6.07, 6.45) is 2.44. The molecule has 0 aliphatic rings. The number of anilines is 1. The highest BCUT2D eigenvalue weighted by Gasteiger charge is 2.07. The molecule has 0 bridgehead atoms. The van der Waals surface area contributed by atoms with Gasteiger partial charge in [0.05, 0.1) is 11.4 Å². The lowest BCUT2D eigenvalue weighted by Gasteiger charge is -2.24. The Bertz CT molecular complexity index is 312. The van der Waals surface area contributed by atoms with E-state index < -0.39 is 0 Å². The third kappa shape index (κ3) is 3.38. The zero-order valence-electron chi connectivity index (χ0n) is 9.76. The van der Waals surface area contributed by atoms with Crippen LogP contribution in [0.4, 0.5) is 5.69 Å². The number of pyridine rings is 1. The van der Waals surface area contributed by atoms with E-state index in [1.807, 2.05) is 13.0 Å². The first-order valence-electron chi connectivity index (χ1n) is 5.57. The van der Waals surface area contributed by atoms with Crippen molar-refractivity contribution in [1.29, 1.82) is 0 Å². The number of aryl methyl sites for hydroxylation is 1. The number of nitrogens with zero attached hydrogens (tertiary/aromatic N) is 2. The first kappa shape index (κ1) is 12.3. The average molecular weight is 227 g/mol. The molecule has 0 fully saturated rings. The molecule has 0 aromatic carbocycles. The highest BCUT2D eigenvalue weighted by Crippen LogP contribution is 2.20. The van der Waals surface area contributed by atoms with Crippen molar-refractivity contribution in [2.24, 2.45) is 0 Å². The highest BCUT2D eigenvalue weighted by atomic mass is 35.5. The summed E-state index contributed by atoms with van der Waals surface area (Å²) < 4.78 is 0. The lowest BCUT2D eigenvalue weighted by Crippen LogP contribution is -2.24. The highest BCUT2D eigenvalue weighted by molar-refractivity contribution is 6.29. The Kier molecular flexibility index (Phi) is 4.89. The standard InChI is InChI=1S/C12H19ClN2/c1-4-6-9-15(5-2)11-7-8-12(13)14-10(11)3/h7-8H,4-6,9H2,1-3H3. The lowest BCUT2D eigenvalue weighted by molar-refractivity contribution is 0.728. The summed E-state index contributed by atoms with van der Waals surface area (Å²) in [5.74, 6) is 0. The molecular weight excluding hydrogens is 208 g/mol. The van der Waals surface area contributed by atoms with Crippen molar-refractivity contribution >= 4 is 17.3 Å². The van der Waals surface area contributed by atoms with E-state index in [1.54, 1.807) is 0 Å². The predicted octanol–water partition coefficient (Wildman–Crippen LogP) is 3.67. The summed E-state index contributed by atoms with van der Waals surface area (Å²) in [7, 11) is 0. The number of hydrogen-bond donors (Lipinski definition) is 0. The molecule has 0 saturated carbocycles. The number of unbranched alkanes of at least 4 members (excludes halogenated alkanes) is 1. The minimum atomic E-state index is 0.572. The van der Waals surface area contributed by atoms with Crippen molar-refractivity contribution in [1.82, 2.24) is 4.98 Å². The number of rotatable bonds is 5. The van der Waals surface area contributed by atoms with Crippen molar-refractivity contribution in [3.8, 4) is 0 Å². The fourth-order valence-electron chi connectivity index (χ4n) is 1.66. The molecule has 0 saturated heterocycles. The Hall–Kier alpha value is -0.760. The second-order valence-corrected chi connectivity index (χ2v) is 4.06. The third-order valence-electron chi connectivity index (χ3n) is 2.53. The van der Waals surface area contributed by atoms with Crippen LogP contribution in [0, 0.1) is 6.92 Å². The SMILES string of the molecule is CCCCN(CC)c1ccc(Cl)nc1C. The van der Waals surface area contributed by atoms with E-state index in [2.05, 4.69) is 29.8 Å². The molecule has 3 heteroatoms. The molecule has 0 radical (unpaired) electrons. The van der Waals surface area contributed by atoms with Crippen LogP contribution in [0.5, 0.6) is 0 Å². The zero-order valence-corrected chi connectivity index (χ0v) is 10.5. The van der Waals surface area contributed by atoms with Gasteiger partial charge in [0.25, 0.3) is 0 Å². The van der Waals surface area contributed by atoms with Crippen LogP contribution in [0.3, 0.4) is 0 Å². The molecule has 1 aromatic rings. The van der Waals surface area contributed by atoms with Crippen LogP contribution < -0.4 is 4.90 Å². The van der Waals surface area contributed by atoms with Gasteiger partial charge in [-0.3, -0.25) is 0 Å². The van der Waals surface area contributed by atoms with Crippen molar-refractivity contribution in [3.05, 3.63) is 23.0 Å². The van der Waals surface area contributed by atoms with E-state index in [0.717, 1.165) is 18.8 Å². The molecule has 0 N–H and O–H groups in total. The van der Waals surface area contributed by atoms with E-state index in [1.165, 1.54) is 18.5 Å². The van der Waals surface area contributed by atoms with Gasteiger partial charge in [-0.2, -0.15) is 0 Å². The van der Waals surface area contributed by atoms with E-state index in [0.29, 0.717) is 5.15 Å². The molecule has 1 rings (SSSR count). The first-order valence-corrected chi connectivity index (χ1v) is 5.95. The molecule has 15 heavy (non-hydrogen) atoms. The van der Waals surface area contributed by atoms with E-state index in [-0.39, 0.29) is 0 Å². The van der Waals surface area contributed by atoms with Crippen molar-refractivity contribution in [2.45, 2.75) is 33.6 Å². The molecule has 0 aliphatic heterocycles. The molecular formula is C12H19ClN2. The smallest absolute Gasteiger partial charge is 0.129 e. The van der Waals surface area contributed by atoms with E-state index in [9.17, 15) is 0 Å². The number of halogens is 1. The monoisotopic (exact) mass is 226 g/mol. The largest absolute Gasteiger partial charge is 0.370 e. The van der Waals surface area contributed by atoms with E-state index in [4.69, 9.17) is 11.6 Å². The quantitative estimate of drug-likeness (QED) is 0.713. The molecule has 1 heterocycles. The van der Waals surface area contributed by atoms with Crippen LogP contribution in [-0.2, 0) is 0 Å². The van der Waals surface area contributed by atoms with Gasteiger partial charge in [-0.1, -0.05) is 24.9 Å². The molecule has 0 amide bonds. The minimum Gasteiger partial charge on any atom is -0.370 e. The molecule has 0 atom stereocenters. The Balaban J connectivity index is 2.81. The molecule has 0 unspecified atom stereocenters. The van der Waals surface area contributed by atoms with Crippen LogP contribution >= 0.6 is 11.6 Å². The summed E-state index contributed by atoms with van der Waals surface area (Å²) in [5.41, 5.74) is 2.22. The second kappa shape index (κ2) is 5.96. The van der Waals surface area contributed by atoms with Crippen LogP contribution in [0.2, 0.25) is 5.15 Å². The number of aromatic nitrogens is 1. The van der Waals surface area contributed by atoms with Gasteiger partial charge in [0.1, 0.15) is 5.15 Å². The topological polar surface area (TPSA) is 16.1 Å². The zero-order chi connectivity index (χ0) is 11.3. The molecule has 0 aliphatic carbocycles. The fourth-order valence-corrected chi connectivity index (χ4v) is 1.84. The van der Waals surface area contributed by atoms with Crippen LogP contribution in [0.25, 0.3) is 0 Å². The predicted molar refractivity (Wildman–Crippen MR) is 66.8 cm³/mol. The van der Waals surface area contributed by atoms with Gasteiger partial charge in [0, 0.05) is 13.1 Å². The summed E-state index contributed by atoms with van der Waals surface area (Å²) in [4.78, 5) is 6.62. The number of hydrogen-bond acceptors (Lipinski definition) is 2. The summed E-state index contributed by atoms with van der Waals surface area (Å²) >= 11 is 5.84. The Morgan fingerprint density at radius 3 is 2.60 bits per heavy atom. The van der Waals surface area contributed by atoms with Gasteiger partial charge in [-0.15, -0.1) is 0 Å². The molecule has 1 aromatic heterocycles. The van der Waals surface area contributed by atoms with Gasteiger partial charge < -0.3 is 4.90 Å². The minimum absolute atomic E-state index is 0.572. The second-order valence-electron chi connectivity index (χ2n) is 3.67. The maximum Gasteiger partial charge on any atom is 0.129 e. The van der Waals surface area contributed by atoms with Gasteiger partial charge in [-0.25, -0.2) is 4.98 Å². The third-order valence-corrected chi connectivity index (χ3v) is 2.74. The molecule has 0 spiro atoms. The van der Waals surface area contributed by atoms with E-state index >= 15 is 0 Å². The summed E-state index contributed by atoms with van der Waals surface area (Å²) in [5, 5.41) is 0.572. The maximum atomic E-state index is 5.84. The van der Waals surface area contributed by atoms with Crippen molar-refractivity contribution in [3.63, 3.8) is 0 Å². The van der Waals surface area contributed by atoms with Crippen LogP contribution in [-0.4, -0.2) is 18.1 Å².